The molecule has 0 spiro atoms. The minimum Gasteiger partial charge on any atom is -0.398 e. The van der Waals surface area contributed by atoms with Crippen LogP contribution in [0, 0.1) is 13.8 Å². The normalized spacial score (nSPS) is 10.4. The first-order valence-corrected chi connectivity index (χ1v) is 7.19. The van der Waals surface area contributed by atoms with Crippen molar-refractivity contribution >= 4 is 44.8 Å². The summed E-state index contributed by atoms with van der Waals surface area (Å²) in [6, 6.07) is 8.85. The molecule has 3 N–H and O–H groups in total. The van der Waals surface area contributed by atoms with E-state index in [9.17, 15) is 4.79 Å². The molecule has 0 aromatic heterocycles. The summed E-state index contributed by atoms with van der Waals surface area (Å²) in [6.45, 7) is 3.80. The molecule has 0 atom stereocenters. The first kappa shape index (κ1) is 14.9. The largest absolute Gasteiger partial charge is 0.398 e. The van der Waals surface area contributed by atoms with Crippen LogP contribution in [0.1, 0.15) is 21.5 Å². The molecule has 2 aromatic rings. The molecule has 0 saturated carbocycles. The number of hydrogen-bond donors (Lipinski definition) is 2. The van der Waals surface area contributed by atoms with Gasteiger partial charge in [-0.3, -0.25) is 4.79 Å². The topological polar surface area (TPSA) is 55.1 Å². The number of carbonyl (C=O) groups excluding carboxylic acids is 1. The van der Waals surface area contributed by atoms with E-state index in [2.05, 4.69) is 21.2 Å². The third kappa shape index (κ3) is 2.97. The zero-order chi connectivity index (χ0) is 14.9. The van der Waals surface area contributed by atoms with Crippen molar-refractivity contribution in [3.63, 3.8) is 0 Å². The molecular weight excluding hydrogens is 340 g/mol. The van der Waals surface area contributed by atoms with Gasteiger partial charge in [-0.05, 0) is 49.2 Å². The second-order valence-electron chi connectivity index (χ2n) is 4.55. The van der Waals surface area contributed by atoms with E-state index in [1.807, 2.05) is 26.0 Å². The fraction of sp³-hybridized carbons (Fsp3) is 0.133. The molecule has 104 valence electrons. The van der Waals surface area contributed by atoms with E-state index in [1.54, 1.807) is 18.2 Å². The van der Waals surface area contributed by atoms with Gasteiger partial charge in [0.1, 0.15) is 0 Å². The van der Waals surface area contributed by atoms with Gasteiger partial charge in [0.25, 0.3) is 5.91 Å². The van der Waals surface area contributed by atoms with Crippen molar-refractivity contribution in [2.45, 2.75) is 13.8 Å². The van der Waals surface area contributed by atoms with E-state index in [-0.39, 0.29) is 5.91 Å². The fourth-order valence-electron chi connectivity index (χ4n) is 1.91. The molecule has 0 aliphatic rings. The minimum absolute atomic E-state index is 0.251. The number of anilines is 2. The van der Waals surface area contributed by atoms with Gasteiger partial charge < -0.3 is 11.1 Å². The van der Waals surface area contributed by atoms with E-state index < -0.39 is 0 Å². The lowest BCUT2D eigenvalue weighted by atomic mass is 10.1. The number of nitrogens with one attached hydrogen (secondary N) is 1. The number of rotatable bonds is 2. The summed E-state index contributed by atoms with van der Waals surface area (Å²) in [4.78, 5) is 12.3. The summed E-state index contributed by atoms with van der Waals surface area (Å²) in [5.74, 6) is -0.251. The number of aryl methyl sites for hydroxylation is 1. The van der Waals surface area contributed by atoms with Gasteiger partial charge in [-0.1, -0.05) is 33.6 Å². The summed E-state index contributed by atoms with van der Waals surface area (Å²) < 4.78 is 0.829. The van der Waals surface area contributed by atoms with E-state index in [0.29, 0.717) is 16.3 Å². The Hall–Kier alpha value is -1.52. The van der Waals surface area contributed by atoms with Crippen molar-refractivity contribution < 1.29 is 4.79 Å². The number of halogens is 2. The Morgan fingerprint density at radius 2 is 1.95 bits per heavy atom. The maximum atomic E-state index is 12.3. The lowest BCUT2D eigenvalue weighted by Gasteiger charge is -2.14. The molecule has 0 bridgehead atoms. The van der Waals surface area contributed by atoms with Crippen LogP contribution in [0.4, 0.5) is 11.4 Å². The molecular formula is C15H14BrClN2O. The van der Waals surface area contributed by atoms with Crippen molar-refractivity contribution in [2.24, 2.45) is 0 Å². The van der Waals surface area contributed by atoms with Crippen LogP contribution in [0.15, 0.2) is 34.8 Å². The first-order valence-electron chi connectivity index (χ1n) is 6.02. The minimum atomic E-state index is -0.251. The third-order valence-electron chi connectivity index (χ3n) is 3.13. The predicted molar refractivity (Wildman–Crippen MR) is 87.4 cm³/mol. The molecule has 20 heavy (non-hydrogen) atoms. The Labute approximate surface area is 131 Å². The average Bonchev–Trinajstić information content (AvgIpc) is 2.39. The van der Waals surface area contributed by atoms with Crippen LogP contribution < -0.4 is 11.1 Å². The number of hydrogen-bond acceptors (Lipinski definition) is 2. The maximum Gasteiger partial charge on any atom is 0.257 e. The smallest absolute Gasteiger partial charge is 0.257 e. The van der Waals surface area contributed by atoms with Gasteiger partial charge in [-0.15, -0.1) is 0 Å². The van der Waals surface area contributed by atoms with Crippen LogP contribution in [0.25, 0.3) is 0 Å². The summed E-state index contributed by atoms with van der Waals surface area (Å²) in [5, 5.41) is 3.28. The molecule has 0 aliphatic carbocycles. The number of nitrogens with two attached hydrogens (primary N) is 1. The summed E-state index contributed by atoms with van der Waals surface area (Å²) in [5.41, 5.74) is 9.48. The highest BCUT2D eigenvalue weighted by atomic mass is 79.9. The van der Waals surface area contributed by atoms with Crippen molar-refractivity contribution in [1.82, 2.24) is 0 Å². The second kappa shape index (κ2) is 5.85. The number of amides is 1. The standard InChI is InChI=1S/C15H14BrClN2O/c1-8-3-6-13(18)9(2)14(8)19-15(20)11-5-4-10(16)7-12(11)17/h3-7H,18H2,1-2H3,(H,19,20). The highest BCUT2D eigenvalue weighted by Gasteiger charge is 2.14. The molecule has 2 rings (SSSR count). The van der Waals surface area contributed by atoms with Gasteiger partial charge in [-0.2, -0.15) is 0 Å². The number of nitrogen functional groups attached to an aromatic ring is 1. The quantitative estimate of drug-likeness (QED) is 0.778. The Bertz CT molecular complexity index is 686. The number of carbonyl (C=O) groups is 1. The van der Waals surface area contributed by atoms with Crippen LogP contribution in [0.2, 0.25) is 5.02 Å². The molecule has 0 aliphatic heterocycles. The Morgan fingerprint density at radius 1 is 1.25 bits per heavy atom. The van der Waals surface area contributed by atoms with E-state index in [0.717, 1.165) is 21.3 Å². The van der Waals surface area contributed by atoms with E-state index in [1.165, 1.54) is 0 Å². The SMILES string of the molecule is Cc1ccc(N)c(C)c1NC(=O)c1ccc(Br)cc1Cl. The van der Waals surface area contributed by atoms with E-state index >= 15 is 0 Å². The van der Waals surface area contributed by atoms with Crippen molar-refractivity contribution in [3.05, 3.63) is 56.5 Å². The molecule has 0 fully saturated rings. The van der Waals surface area contributed by atoms with Crippen molar-refractivity contribution in [1.29, 1.82) is 0 Å². The number of benzene rings is 2. The summed E-state index contributed by atoms with van der Waals surface area (Å²) >= 11 is 9.40. The Balaban J connectivity index is 2.35. The van der Waals surface area contributed by atoms with Gasteiger partial charge in [0.2, 0.25) is 0 Å². The summed E-state index contributed by atoms with van der Waals surface area (Å²) in [6.07, 6.45) is 0. The van der Waals surface area contributed by atoms with Crippen LogP contribution in [0.5, 0.6) is 0 Å². The highest BCUT2D eigenvalue weighted by molar-refractivity contribution is 9.10. The maximum absolute atomic E-state index is 12.3. The van der Waals surface area contributed by atoms with Crippen LogP contribution in [-0.2, 0) is 0 Å². The highest BCUT2D eigenvalue weighted by Crippen LogP contribution is 2.27. The average molecular weight is 354 g/mol. The Morgan fingerprint density at radius 3 is 2.60 bits per heavy atom. The molecule has 1 amide bonds. The van der Waals surface area contributed by atoms with Gasteiger partial charge in [0.15, 0.2) is 0 Å². The fourth-order valence-corrected chi connectivity index (χ4v) is 2.67. The van der Waals surface area contributed by atoms with Crippen LogP contribution in [-0.4, -0.2) is 5.91 Å². The zero-order valence-corrected chi connectivity index (χ0v) is 13.5. The third-order valence-corrected chi connectivity index (χ3v) is 3.94. The van der Waals surface area contributed by atoms with Gasteiger partial charge in [0, 0.05) is 15.8 Å². The van der Waals surface area contributed by atoms with Gasteiger partial charge >= 0.3 is 0 Å². The van der Waals surface area contributed by atoms with Crippen LogP contribution >= 0.6 is 27.5 Å². The first-order chi connectivity index (χ1) is 9.40. The van der Waals surface area contributed by atoms with Gasteiger partial charge in [-0.25, -0.2) is 0 Å². The van der Waals surface area contributed by atoms with E-state index in [4.69, 9.17) is 17.3 Å². The molecule has 0 radical (unpaired) electrons. The van der Waals surface area contributed by atoms with Crippen molar-refractivity contribution in [3.8, 4) is 0 Å². The zero-order valence-electron chi connectivity index (χ0n) is 11.1. The molecule has 2 aromatic carbocycles. The molecule has 0 unspecified atom stereocenters. The molecule has 3 nitrogen and oxygen atoms in total. The van der Waals surface area contributed by atoms with Crippen LogP contribution in [0.3, 0.4) is 0 Å². The monoisotopic (exact) mass is 352 g/mol. The summed E-state index contributed by atoms with van der Waals surface area (Å²) in [7, 11) is 0. The molecule has 0 saturated heterocycles. The lowest BCUT2D eigenvalue weighted by Crippen LogP contribution is -2.14. The van der Waals surface area contributed by atoms with Gasteiger partial charge in [0.05, 0.1) is 10.6 Å². The predicted octanol–water partition coefficient (Wildman–Crippen LogP) is 4.55. The Kier molecular flexibility index (Phi) is 4.35. The molecule has 5 heteroatoms. The lowest BCUT2D eigenvalue weighted by molar-refractivity contribution is 0.102. The second-order valence-corrected chi connectivity index (χ2v) is 5.87. The van der Waals surface area contributed by atoms with Crippen molar-refractivity contribution in [2.75, 3.05) is 11.1 Å². The molecule has 0 heterocycles.